The van der Waals surface area contributed by atoms with Crippen LogP contribution in [0.15, 0.2) is 52.8 Å². The van der Waals surface area contributed by atoms with Crippen LogP contribution in [0.1, 0.15) is 5.69 Å². The maximum absolute atomic E-state index is 6.06. The van der Waals surface area contributed by atoms with Crippen molar-refractivity contribution in [2.24, 2.45) is 10.2 Å². The van der Waals surface area contributed by atoms with E-state index in [1.807, 2.05) is 36.5 Å². The lowest BCUT2D eigenvalue weighted by molar-refractivity contribution is 0.0320. The van der Waals surface area contributed by atoms with Crippen LogP contribution in [0.2, 0.25) is 0 Å². The van der Waals surface area contributed by atoms with E-state index >= 15 is 0 Å². The molecule has 0 atom stereocenters. The molecular formula is C24H30N6O3. The van der Waals surface area contributed by atoms with E-state index < -0.39 is 0 Å². The summed E-state index contributed by atoms with van der Waals surface area (Å²) < 4.78 is 17.0. The van der Waals surface area contributed by atoms with Gasteiger partial charge >= 0.3 is 0 Å². The second-order valence-corrected chi connectivity index (χ2v) is 8.18. The largest absolute Gasteiger partial charge is 0.476 e. The van der Waals surface area contributed by atoms with Crippen LogP contribution in [-0.4, -0.2) is 80.6 Å². The number of aromatic amines is 1. The fourth-order valence-corrected chi connectivity index (χ4v) is 4.13. The zero-order valence-corrected chi connectivity index (χ0v) is 18.8. The second kappa shape index (κ2) is 10.7. The van der Waals surface area contributed by atoms with Crippen molar-refractivity contribution in [3.05, 3.63) is 48.3 Å². The van der Waals surface area contributed by atoms with Gasteiger partial charge in [0.25, 0.3) is 0 Å². The molecule has 9 heteroatoms. The van der Waals surface area contributed by atoms with Crippen LogP contribution in [0.3, 0.4) is 0 Å². The van der Waals surface area contributed by atoms with Gasteiger partial charge in [0.1, 0.15) is 18.8 Å². The van der Waals surface area contributed by atoms with Crippen LogP contribution in [-0.2, 0) is 16.0 Å². The van der Waals surface area contributed by atoms with Crippen molar-refractivity contribution in [3.63, 3.8) is 0 Å². The van der Waals surface area contributed by atoms with Gasteiger partial charge in [-0.25, -0.2) is 4.98 Å². The van der Waals surface area contributed by atoms with Gasteiger partial charge in [-0.3, -0.25) is 4.90 Å². The molecule has 0 amide bonds. The zero-order valence-electron chi connectivity index (χ0n) is 18.8. The molecule has 2 fully saturated rings. The number of hydrogen-bond acceptors (Lipinski definition) is 8. The number of nitrogens with zero attached hydrogens (tertiary/aromatic N) is 5. The molecule has 0 bridgehead atoms. The van der Waals surface area contributed by atoms with Crippen LogP contribution in [0.4, 0.5) is 11.4 Å². The Morgan fingerprint density at radius 3 is 2.64 bits per heavy atom. The van der Waals surface area contributed by atoms with Crippen LogP contribution in [0, 0.1) is 0 Å². The summed E-state index contributed by atoms with van der Waals surface area (Å²) in [4.78, 5) is 12.6. The third-order valence-corrected chi connectivity index (χ3v) is 5.96. The van der Waals surface area contributed by atoms with Crippen LogP contribution >= 0.6 is 0 Å². The van der Waals surface area contributed by atoms with Crippen molar-refractivity contribution >= 4 is 22.3 Å². The van der Waals surface area contributed by atoms with Gasteiger partial charge in [-0.1, -0.05) is 18.2 Å². The maximum Gasteiger partial charge on any atom is 0.215 e. The first-order chi connectivity index (χ1) is 16.3. The van der Waals surface area contributed by atoms with Crippen molar-refractivity contribution in [2.75, 3.05) is 70.7 Å². The van der Waals surface area contributed by atoms with Crippen LogP contribution < -0.4 is 9.64 Å². The number of nitrogens with one attached hydrogen (secondary N) is 1. The number of benzene rings is 1. The van der Waals surface area contributed by atoms with Gasteiger partial charge in [-0.05, 0) is 12.1 Å². The van der Waals surface area contributed by atoms with E-state index in [9.17, 15) is 0 Å². The standard InChI is InChI=1S/C24H30N6O3/c1-2-4-22-21(3-1)23(18-25-22)28-26-17-19-15-20(30-8-12-32-13-9-30)16-24(27-19)33-14-7-29-5-10-31-11-6-29/h1-4,15-16,18,25H,5-14,17H2. The molecule has 2 saturated heterocycles. The van der Waals surface area contributed by atoms with E-state index in [1.165, 1.54) is 0 Å². The van der Waals surface area contributed by atoms with E-state index in [1.54, 1.807) is 0 Å². The number of aromatic nitrogens is 2. The molecule has 0 radical (unpaired) electrons. The molecule has 4 heterocycles. The maximum atomic E-state index is 6.06. The molecular weight excluding hydrogens is 420 g/mol. The Balaban J connectivity index is 1.28. The number of rotatable bonds is 8. The average molecular weight is 451 g/mol. The molecule has 5 rings (SSSR count). The van der Waals surface area contributed by atoms with Crippen LogP contribution in [0.5, 0.6) is 5.88 Å². The minimum Gasteiger partial charge on any atom is -0.476 e. The number of para-hydroxylation sites is 1. The van der Waals surface area contributed by atoms with Crippen molar-refractivity contribution in [1.82, 2.24) is 14.9 Å². The molecule has 1 N–H and O–H groups in total. The molecule has 1 aromatic carbocycles. The molecule has 2 aromatic heterocycles. The fourth-order valence-electron chi connectivity index (χ4n) is 4.13. The number of anilines is 1. The Bertz CT molecular complexity index is 1070. The van der Waals surface area contributed by atoms with Crippen molar-refractivity contribution in [3.8, 4) is 5.88 Å². The number of morpholine rings is 2. The van der Waals surface area contributed by atoms with E-state index in [2.05, 4.69) is 31.1 Å². The Kier molecular flexibility index (Phi) is 7.10. The Morgan fingerprint density at radius 2 is 1.79 bits per heavy atom. The monoisotopic (exact) mass is 450 g/mol. The van der Waals surface area contributed by atoms with Gasteiger partial charge in [0.15, 0.2) is 0 Å². The molecule has 2 aliphatic heterocycles. The van der Waals surface area contributed by atoms with Crippen molar-refractivity contribution in [1.29, 1.82) is 0 Å². The summed E-state index contributed by atoms with van der Waals surface area (Å²) >= 11 is 0. The van der Waals surface area contributed by atoms with E-state index in [4.69, 9.17) is 19.2 Å². The number of azo groups is 1. The Morgan fingerprint density at radius 1 is 1.00 bits per heavy atom. The molecule has 0 unspecified atom stereocenters. The van der Waals surface area contributed by atoms with Gasteiger partial charge in [0.05, 0.1) is 32.1 Å². The number of fused-ring (bicyclic) bond motifs is 1. The first-order valence-corrected chi connectivity index (χ1v) is 11.6. The lowest BCUT2D eigenvalue weighted by Gasteiger charge is -2.29. The Labute approximate surface area is 193 Å². The minimum absolute atomic E-state index is 0.386. The summed E-state index contributed by atoms with van der Waals surface area (Å²) in [6.07, 6.45) is 1.88. The highest BCUT2D eigenvalue weighted by Gasteiger charge is 2.15. The number of ether oxygens (including phenoxy) is 3. The summed E-state index contributed by atoms with van der Waals surface area (Å²) in [5.41, 5.74) is 3.81. The summed E-state index contributed by atoms with van der Waals surface area (Å²) in [5.74, 6) is 0.629. The van der Waals surface area contributed by atoms with E-state index in [-0.39, 0.29) is 0 Å². The SMILES string of the molecule is c1ccc2c(N=NCc3cc(N4CCOCC4)cc(OCCN4CCOCC4)n3)c[nH]c2c1. The van der Waals surface area contributed by atoms with Gasteiger partial charge < -0.3 is 24.1 Å². The highest BCUT2D eigenvalue weighted by molar-refractivity contribution is 5.90. The Hall–Kier alpha value is -3.01. The normalized spacial score (nSPS) is 17.8. The van der Waals surface area contributed by atoms with Gasteiger partial charge in [-0.2, -0.15) is 10.2 Å². The fraction of sp³-hybridized carbons (Fsp3) is 0.458. The van der Waals surface area contributed by atoms with E-state index in [0.29, 0.717) is 19.0 Å². The van der Waals surface area contributed by atoms with Crippen LogP contribution in [0.25, 0.3) is 10.9 Å². The molecule has 0 saturated carbocycles. The summed E-state index contributed by atoms with van der Waals surface area (Å²) in [6, 6.07) is 12.2. The smallest absolute Gasteiger partial charge is 0.215 e. The lowest BCUT2D eigenvalue weighted by atomic mass is 10.2. The zero-order chi connectivity index (χ0) is 22.3. The van der Waals surface area contributed by atoms with Gasteiger partial charge in [-0.15, -0.1) is 0 Å². The highest BCUT2D eigenvalue weighted by atomic mass is 16.5. The topological polar surface area (TPSA) is 87.6 Å². The predicted molar refractivity (Wildman–Crippen MR) is 127 cm³/mol. The number of H-pyrrole nitrogens is 1. The average Bonchev–Trinajstić information content (AvgIpc) is 3.28. The third-order valence-electron chi connectivity index (χ3n) is 5.96. The second-order valence-electron chi connectivity index (χ2n) is 8.18. The molecule has 0 spiro atoms. The minimum atomic E-state index is 0.386. The lowest BCUT2D eigenvalue weighted by Crippen LogP contribution is -2.38. The summed E-state index contributed by atoms with van der Waals surface area (Å²) in [6.45, 7) is 8.48. The summed E-state index contributed by atoms with van der Waals surface area (Å²) in [5, 5.41) is 9.94. The molecule has 174 valence electrons. The predicted octanol–water partition coefficient (Wildman–Crippen LogP) is 3.39. The molecule has 33 heavy (non-hydrogen) atoms. The van der Waals surface area contributed by atoms with Crippen molar-refractivity contribution < 1.29 is 14.2 Å². The highest BCUT2D eigenvalue weighted by Crippen LogP contribution is 2.27. The molecule has 0 aliphatic carbocycles. The molecule has 9 nitrogen and oxygen atoms in total. The third kappa shape index (κ3) is 5.68. The summed E-state index contributed by atoms with van der Waals surface area (Å²) in [7, 11) is 0. The van der Waals surface area contributed by atoms with E-state index in [0.717, 1.165) is 87.1 Å². The first-order valence-electron chi connectivity index (χ1n) is 11.6. The van der Waals surface area contributed by atoms with Gasteiger partial charge in [0, 0.05) is 61.6 Å². The molecule has 3 aromatic rings. The van der Waals surface area contributed by atoms with Gasteiger partial charge in [0.2, 0.25) is 5.88 Å². The van der Waals surface area contributed by atoms with Crippen molar-refractivity contribution in [2.45, 2.75) is 6.54 Å². The first kappa shape index (κ1) is 21.8. The number of hydrogen-bond donors (Lipinski definition) is 1. The molecule has 2 aliphatic rings. The quantitative estimate of drug-likeness (QED) is 0.530. The number of pyridine rings is 1.